The summed E-state index contributed by atoms with van der Waals surface area (Å²) in [5.74, 6) is 0. The second kappa shape index (κ2) is 6.15. The number of aliphatic hydroxyl groups excluding tert-OH is 1. The normalized spacial score (nSPS) is 16.9. The Morgan fingerprint density at radius 3 is 2.18 bits per heavy atom. The van der Waals surface area contributed by atoms with Crippen LogP contribution < -0.4 is 5.73 Å². The summed E-state index contributed by atoms with van der Waals surface area (Å²) in [5, 5.41) is 9.46. The van der Waals surface area contributed by atoms with Crippen molar-refractivity contribution < 1.29 is 5.11 Å². The molecular formula is C14H24N2O. The molecule has 0 spiro atoms. The quantitative estimate of drug-likeness (QED) is 0.818. The Hall–Kier alpha value is -0.900. The number of rotatable bonds is 5. The first kappa shape index (κ1) is 14.2. The molecule has 96 valence electrons. The third-order valence-electron chi connectivity index (χ3n) is 2.94. The minimum absolute atomic E-state index is 0.0291. The number of likely N-dealkylation sites (N-methyl/N-ethyl adjacent to an activating group) is 1. The Balaban J connectivity index is 2.89. The molecule has 1 aromatic carbocycles. The van der Waals surface area contributed by atoms with Gasteiger partial charge in [0.15, 0.2) is 0 Å². The number of benzene rings is 1. The van der Waals surface area contributed by atoms with Crippen LogP contribution >= 0.6 is 0 Å². The summed E-state index contributed by atoms with van der Waals surface area (Å²) in [6, 6.07) is 8.60. The highest BCUT2D eigenvalue weighted by molar-refractivity contribution is 5.25. The van der Waals surface area contributed by atoms with Gasteiger partial charge in [0, 0.05) is 18.6 Å². The van der Waals surface area contributed by atoms with Crippen LogP contribution in [0.1, 0.15) is 31.0 Å². The average Bonchev–Trinajstić information content (AvgIpc) is 2.19. The van der Waals surface area contributed by atoms with Crippen LogP contribution in [0.3, 0.4) is 0 Å². The molecule has 17 heavy (non-hydrogen) atoms. The minimum Gasteiger partial charge on any atom is -0.392 e. The summed E-state index contributed by atoms with van der Waals surface area (Å²) in [5.41, 5.74) is 8.51. The molecule has 0 saturated carbocycles. The van der Waals surface area contributed by atoms with E-state index < -0.39 is 0 Å². The predicted molar refractivity (Wildman–Crippen MR) is 71.9 cm³/mol. The Labute approximate surface area is 104 Å². The van der Waals surface area contributed by atoms with E-state index in [4.69, 9.17) is 5.73 Å². The molecule has 3 atom stereocenters. The molecular weight excluding hydrogens is 212 g/mol. The van der Waals surface area contributed by atoms with Gasteiger partial charge in [-0.05, 0) is 33.4 Å². The molecule has 0 aliphatic carbocycles. The van der Waals surface area contributed by atoms with Crippen molar-refractivity contribution in [3.63, 3.8) is 0 Å². The number of nitrogens with zero attached hydrogens (tertiary/aromatic N) is 1. The highest BCUT2D eigenvalue weighted by Crippen LogP contribution is 2.22. The lowest BCUT2D eigenvalue weighted by Crippen LogP contribution is -2.40. The van der Waals surface area contributed by atoms with Crippen molar-refractivity contribution in [3.05, 3.63) is 35.4 Å². The van der Waals surface area contributed by atoms with Crippen molar-refractivity contribution in [2.75, 3.05) is 13.6 Å². The van der Waals surface area contributed by atoms with Crippen molar-refractivity contribution >= 4 is 0 Å². The van der Waals surface area contributed by atoms with E-state index in [1.165, 1.54) is 11.1 Å². The summed E-state index contributed by atoms with van der Waals surface area (Å²) in [7, 11) is 2.00. The molecule has 3 N–H and O–H groups in total. The SMILES string of the molecule is Cc1ccc(C(C(C)N)N(C)CC(C)O)cc1. The van der Waals surface area contributed by atoms with Gasteiger partial charge in [0.25, 0.3) is 0 Å². The van der Waals surface area contributed by atoms with Gasteiger partial charge < -0.3 is 10.8 Å². The van der Waals surface area contributed by atoms with Gasteiger partial charge in [-0.2, -0.15) is 0 Å². The van der Waals surface area contributed by atoms with Gasteiger partial charge in [-0.25, -0.2) is 0 Å². The van der Waals surface area contributed by atoms with Crippen LogP contribution in [0, 0.1) is 6.92 Å². The van der Waals surface area contributed by atoms with Gasteiger partial charge in [-0.1, -0.05) is 29.8 Å². The fourth-order valence-corrected chi connectivity index (χ4v) is 2.25. The Bertz CT molecular complexity index is 333. The van der Waals surface area contributed by atoms with Gasteiger partial charge in [0.2, 0.25) is 0 Å². The zero-order valence-corrected chi connectivity index (χ0v) is 11.2. The third-order valence-corrected chi connectivity index (χ3v) is 2.94. The number of hydrogen-bond acceptors (Lipinski definition) is 3. The summed E-state index contributed by atoms with van der Waals surface area (Å²) in [6.45, 7) is 6.50. The topological polar surface area (TPSA) is 49.5 Å². The molecule has 1 aromatic rings. The molecule has 3 nitrogen and oxygen atoms in total. The fraction of sp³-hybridized carbons (Fsp3) is 0.571. The zero-order valence-electron chi connectivity index (χ0n) is 11.2. The van der Waals surface area contributed by atoms with Crippen LogP contribution in [0.5, 0.6) is 0 Å². The maximum absolute atomic E-state index is 9.46. The Kier molecular flexibility index (Phi) is 5.12. The lowest BCUT2D eigenvalue weighted by atomic mass is 9.98. The largest absolute Gasteiger partial charge is 0.392 e. The lowest BCUT2D eigenvalue weighted by Gasteiger charge is -2.32. The highest BCUT2D eigenvalue weighted by Gasteiger charge is 2.21. The van der Waals surface area contributed by atoms with Crippen molar-refractivity contribution in [2.24, 2.45) is 5.73 Å². The molecule has 0 aliphatic rings. The van der Waals surface area contributed by atoms with Crippen molar-refractivity contribution in [2.45, 2.75) is 39.0 Å². The molecule has 0 amide bonds. The molecule has 0 bridgehead atoms. The fourth-order valence-electron chi connectivity index (χ4n) is 2.25. The van der Waals surface area contributed by atoms with Crippen LogP contribution in [-0.4, -0.2) is 35.7 Å². The maximum Gasteiger partial charge on any atom is 0.0639 e. The van der Waals surface area contributed by atoms with E-state index in [0.717, 1.165) is 0 Å². The number of nitrogens with two attached hydrogens (primary N) is 1. The molecule has 0 saturated heterocycles. The van der Waals surface area contributed by atoms with Crippen LogP contribution in [-0.2, 0) is 0 Å². The maximum atomic E-state index is 9.46. The third kappa shape index (κ3) is 4.11. The summed E-state index contributed by atoms with van der Waals surface area (Å²) < 4.78 is 0. The van der Waals surface area contributed by atoms with Gasteiger partial charge >= 0.3 is 0 Å². The first-order valence-corrected chi connectivity index (χ1v) is 6.12. The lowest BCUT2D eigenvalue weighted by molar-refractivity contribution is 0.110. The molecule has 1 rings (SSSR count). The minimum atomic E-state index is -0.341. The smallest absolute Gasteiger partial charge is 0.0639 e. The number of aryl methyl sites for hydroxylation is 1. The van der Waals surface area contributed by atoms with E-state index in [2.05, 4.69) is 36.1 Å². The molecule has 3 heteroatoms. The highest BCUT2D eigenvalue weighted by atomic mass is 16.3. The molecule has 3 unspecified atom stereocenters. The summed E-state index contributed by atoms with van der Waals surface area (Å²) in [4.78, 5) is 2.11. The molecule has 0 radical (unpaired) electrons. The number of hydrogen-bond donors (Lipinski definition) is 2. The second-order valence-electron chi connectivity index (χ2n) is 5.00. The van der Waals surface area contributed by atoms with Crippen LogP contribution in [0.4, 0.5) is 0 Å². The predicted octanol–water partition coefficient (Wildman–Crippen LogP) is 1.70. The summed E-state index contributed by atoms with van der Waals surface area (Å²) in [6.07, 6.45) is -0.341. The number of aliphatic hydroxyl groups is 1. The average molecular weight is 236 g/mol. The van der Waals surface area contributed by atoms with E-state index in [1.807, 2.05) is 14.0 Å². The van der Waals surface area contributed by atoms with Crippen molar-refractivity contribution in [1.82, 2.24) is 4.90 Å². The molecule has 0 aromatic heterocycles. The first-order chi connectivity index (χ1) is 7.91. The zero-order chi connectivity index (χ0) is 13.0. The van der Waals surface area contributed by atoms with E-state index in [-0.39, 0.29) is 18.2 Å². The van der Waals surface area contributed by atoms with Crippen LogP contribution in [0.25, 0.3) is 0 Å². The Morgan fingerprint density at radius 1 is 1.24 bits per heavy atom. The molecule has 0 aliphatic heterocycles. The van der Waals surface area contributed by atoms with E-state index in [1.54, 1.807) is 6.92 Å². The van der Waals surface area contributed by atoms with E-state index in [9.17, 15) is 5.11 Å². The monoisotopic (exact) mass is 236 g/mol. The standard InChI is InChI=1S/C14H24N2O/c1-10-5-7-13(8-6-10)14(12(3)15)16(4)9-11(2)17/h5-8,11-12,14,17H,9,15H2,1-4H3. The van der Waals surface area contributed by atoms with E-state index in [0.29, 0.717) is 6.54 Å². The van der Waals surface area contributed by atoms with Gasteiger partial charge in [-0.3, -0.25) is 4.90 Å². The Morgan fingerprint density at radius 2 is 1.76 bits per heavy atom. The molecule has 0 heterocycles. The van der Waals surface area contributed by atoms with Gasteiger partial charge in [0.05, 0.1) is 6.10 Å². The van der Waals surface area contributed by atoms with Crippen molar-refractivity contribution in [3.8, 4) is 0 Å². The van der Waals surface area contributed by atoms with Crippen LogP contribution in [0.15, 0.2) is 24.3 Å². The first-order valence-electron chi connectivity index (χ1n) is 6.12. The van der Waals surface area contributed by atoms with Crippen molar-refractivity contribution in [1.29, 1.82) is 0 Å². The van der Waals surface area contributed by atoms with Gasteiger partial charge in [-0.15, -0.1) is 0 Å². The van der Waals surface area contributed by atoms with Crippen LogP contribution in [0.2, 0.25) is 0 Å². The van der Waals surface area contributed by atoms with Gasteiger partial charge in [0.1, 0.15) is 0 Å². The summed E-state index contributed by atoms with van der Waals surface area (Å²) >= 11 is 0. The van der Waals surface area contributed by atoms with E-state index >= 15 is 0 Å². The second-order valence-corrected chi connectivity index (χ2v) is 5.00. The molecule has 0 fully saturated rings.